The Morgan fingerprint density at radius 2 is 1.91 bits per heavy atom. The van der Waals surface area contributed by atoms with E-state index in [2.05, 4.69) is 20.4 Å². The number of amides is 2. The summed E-state index contributed by atoms with van der Waals surface area (Å²) in [4.78, 5) is 37.0. The molecule has 3 heterocycles. The van der Waals surface area contributed by atoms with Gasteiger partial charge in [0.25, 0.3) is 5.91 Å². The van der Waals surface area contributed by atoms with Crippen LogP contribution in [0.25, 0.3) is 5.82 Å². The van der Waals surface area contributed by atoms with Crippen LogP contribution in [-0.4, -0.2) is 48.5 Å². The zero-order valence-electron chi connectivity index (χ0n) is 17.8. The van der Waals surface area contributed by atoms with Gasteiger partial charge in [-0.2, -0.15) is 5.10 Å². The maximum absolute atomic E-state index is 13.4. The first kappa shape index (κ1) is 20.4. The molecule has 164 valence electrons. The van der Waals surface area contributed by atoms with Crippen LogP contribution >= 0.6 is 0 Å². The second-order valence-electron chi connectivity index (χ2n) is 8.49. The maximum Gasteiger partial charge on any atom is 0.254 e. The Labute approximate surface area is 186 Å². The van der Waals surface area contributed by atoms with E-state index < -0.39 is 6.04 Å². The lowest BCUT2D eigenvalue weighted by Crippen LogP contribution is -2.49. The van der Waals surface area contributed by atoms with Crippen LogP contribution in [0.15, 0.2) is 61.3 Å². The van der Waals surface area contributed by atoms with Crippen LogP contribution in [0.1, 0.15) is 48.0 Å². The van der Waals surface area contributed by atoms with Gasteiger partial charge in [0.2, 0.25) is 5.91 Å². The van der Waals surface area contributed by atoms with Gasteiger partial charge in [-0.25, -0.2) is 14.6 Å². The number of nitrogens with one attached hydrogen (secondary N) is 1. The molecule has 0 radical (unpaired) electrons. The first-order valence-electron chi connectivity index (χ1n) is 11.2. The minimum atomic E-state index is -0.456. The number of carbonyl (C=O) groups excluding carboxylic acids is 2. The highest BCUT2D eigenvalue weighted by molar-refractivity contribution is 5.98. The van der Waals surface area contributed by atoms with Gasteiger partial charge in [-0.3, -0.25) is 9.59 Å². The SMILES string of the molecule is O=C(NCc1cccnc1-n1cncn1)C1CC2CCCCC2N1C(=O)c1ccccc1. The Hall–Kier alpha value is -3.55. The van der Waals surface area contributed by atoms with Gasteiger partial charge in [-0.1, -0.05) is 37.1 Å². The molecule has 2 fully saturated rings. The number of hydrogen-bond acceptors (Lipinski definition) is 5. The minimum Gasteiger partial charge on any atom is -0.350 e. The topological polar surface area (TPSA) is 93.0 Å². The second-order valence-corrected chi connectivity index (χ2v) is 8.49. The molecule has 1 saturated carbocycles. The van der Waals surface area contributed by atoms with Crippen LogP contribution in [0.2, 0.25) is 0 Å². The molecule has 2 amide bonds. The first-order chi connectivity index (χ1) is 15.7. The summed E-state index contributed by atoms with van der Waals surface area (Å²) in [6.45, 7) is 0.307. The summed E-state index contributed by atoms with van der Waals surface area (Å²) in [5.41, 5.74) is 1.47. The molecule has 0 spiro atoms. The van der Waals surface area contributed by atoms with E-state index in [1.807, 2.05) is 47.4 Å². The maximum atomic E-state index is 13.4. The highest BCUT2D eigenvalue weighted by Crippen LogP contribution is 2.40. The van der Waals surface area contributed by atoms with E-state index in [1.54, 1.807) is 17.2 Å². The van der Waals surface area contributed by atoms with E-state index >= 15 is 0 Å². The van der Waals surface area contributed by atoms with Crippen molar-refractivity contribution in [1.29, 1.82) is 0 Å². The molecule has 2 aliphatic rings. The number of hydrogen-bond donors (Lipinski definition) is 1. The van der Waals surface area contributed by atoms with E-state index in [9.17, 15) is 9.59 Å². The lowest BCUT2D eigenvalue weighted by atomic mass is 9.84. The predicted octanol–water partition coefficient (Wildman–Crippen LogP) is 2.75. The third-order valence-electron chi connectivity index (χ3n) is 6.60. The van der Waals surface area contributed by atoms with Gasteiger partial charge in [-0.05, 0) is 43.4 Å². The van der Waals surface area contributed by atoms with E-state index in [1.165, 1.54) is 12.7 Å². The number of fused-ring (bicyclic) bond motifs is 1. The summed E-state index contributed by atoms with van der Waals surface area (Å²) in [5, 5.41) is 7.20. The van der Waals surface area contributed by atoms with Crippen LogP contribution in [0.5, 0.6) is 0 Å². The van der Waals surface area contributed by atoms with Gasteiger partial charge in [0.1, 0.15) is 18.7 Å². The van der Waals surface area contributed by atoms with Crippen LogP contribution in [-0.2, 0) is 11.3 Å². The van der Waals surface area contributed by atoms with Crippen LogP contribution in [0.3, 0.4) is 0 Å². The molecule has 1 saturated heterocycles. The lowest BCUT2D eigenvalue weighted by Gasteiger charge is -2.33. The largest absolute Gasteiger partial charge is 0.350 e. The molecular weight excluding hydrogens is 404 g/mol. The Kier molecular flexibility index (Phi) is 5.66. The number of nitrogens with zero attached hydrogens (tertiary/aromatic N) is 5. The van der Waals surface area contributed by atoms with Gasteiger partial charge < -0.3 is 10.2 Å². The lowest BCUT2D eigenvalue weighted by molar-refractivity contribution is -0.125. The fourth-order valence-electron chi connectivity index (χ4n) is 5.11. The number of aromatic nitrogens is 4. The molecule has 5 rings (SSSR count). The zero-order valence-corrected chi connectivity index (χ0v) is 17.8. The molecule has 1 aliphatic carbocycles. The molecule has 3 unspecified atom stereocenters. The smallest absolute Gasteiger partial charge is 0.254 e. The van der Waals surface area contributed by atoms with Gasteiger partial charge in [-0.15, -0.1) is 0 Å². The van der Waals surface area contributed by atoms with E-state index in [4.69, 9.17) is 0 Å². The number of rotatable bonds is 5. The molecule has 0 bridgehead atoms. The Balaban J connectivity index is 1.36. The summed E-state index contributed by atoms with van der Waals surface area (Å²) in [6, 6.07) is 12.7. The molecular formula is C24H26N6O2. The molecule has 3 aromatic rings. The van der Waals surface area contributed by atoms with Crippen LogP contribution in [0.4, 0.5) is 0 Å². The van der Waals surface area contributed by atoms with E-state index in [0.29, 0.717) is 23.8 Å². The summed E-state index contributed by atoms with van der Waals surface area (Å²) in [7, 11) is 0. The molecule has 32 heavy (non-hydrogen) atoms. The summed E-state index contributed by atoms with van der Waals surface area (Å²) >= 11 is 0. The normalized spacial score (nSPS) is 22.4. The first-order valence-corrected chi connectivity index (χ1v) is 11.2. The van der Waals surface area contributed by atoms with Gasteiger partial charge in [0, 0.05) is 29.9 Å². The third-order valence-corrected chi connectivity index (χ3v) is 6.60. The van der Waals surface area contributed by atoms with Crippen molar-refractivity contribution in [3.8, 4) is 5.82 Å². The third kappa shape index (κ3) is 3.88. The number of carbonyl (C=O) groups is 2. The zero-order chi connectivity index (χ0) is 21.9. The average molecular weight is 431 g/mol. The second kappa shape index (κ2) is 8.90. The Morgan fingerprint density at radius 1 is 1.06 bits per heavy atom. The fourth-order valence-corrected chi connectivity index (χ4v) is 5.11. The number of likely N-dealkylation sites (tertiary alicyclic amines) is 1. The monoisotopic (exact) mass is 430 g/mol. The fraction of sp³-hybridized carbons (Fsp3) is 0.375. The summed E-state index contributed by atoms with van der Waals surface area (Å²) in [5.74, 6) is 0.848. The molecule has 1 aliphatic heterocycles. The number of benzene rings is 1. The highest BCUT2D eigenvalue weighted by atomic mass is 16.2. The number of pyridine rings is 1. The van der Waals surface area contributed by atoms with Crippen molar-refractivity contribution in [3.63, 3.8) is 0 Å². The van der Waals surface area contributed by atoms with Crippen molar-refractivity contribution < 1.29 is 9.59 Å². The summed E-state index contributed by atoms with van der Waals surface area (Å²) in [6.07, 6.45) is 9.74. The average Bonchev–Trinajstić information content (AvgIpc) is 3.51. The summed E-state index contributed by atoms with van der Waals surface area (Å²) < 4.78 is 1.58. The molecule has 2 aromatic heterocycles. The quantitative estimate of drug-likeness (QED) is 0.672. The van der Waals surface area contributed by atoms with Crippen molar-refractivity contribution >= 4 is 11.8 Å². The van der Waals surface area contributed by atoms with Crippen molar-refractivity contribution in [1.82, 2.24) is 30.0 Å². The van der Waals surface area contributed by atoms with Gasteiger partial charge in [0.05, 0.1) is 0 Å². The van der Waals surface area contributed by atoms with Crippen molar-refractivity contribution in [2.75, 3.05) is 0 Å². The van der Waals surface area contributed by atoms with Gasteiger partial charge >= 0.3 is 0 Å². The minimum absolute atomic E-state index is 0.0511. The molecule has 8 heteroatoms. The van der Waals surface area contributed by atoms with Crippen molar-refractivity contribution in [2.45, 2.75) is 50.7 Å². The van der Waals surface area contributed by atoms with E-state index in [0.717, 1.165) is 31.2 Å². The Morgan fingerprint density at radius 3 is 2.72 bits per heavy atom. The standard InChI is InChI=1S/C24H26N6O2/c31-23(27-14-19-10-6-12-26-22(19)29-16-25-15-28-29)21-13-18-9-4-5-11-20(18)30(21)24(32)17-7-2-1-3-8-17/h1-3,6-8,10,12,15-16,18,20-21H,4-5,9,11,13-14H2,(H,27,31). The van der Waals surface area contributed by atoms with E-state index in [-0.39, 0.29) is 17.9 Å². The molecule has 1 N–H and O–H groups in total. The molecule has 8 nitrogen and oxygen atoms in total. The van der Waals surface area contributed by atoms with Crippen LogP contribution < -0.4 is 5.32 Å². The predicted molar refractivity (Wildman–Crippen MR) is 118 cm³/mol. The molecule has 1 aromatic carbocycles. The van der Waals surface area contributed by atoms with Crippen molar-refractivity contribution in [2.24, 2.45) is 5.92 Å². The van der Waals surface area contributed by atoms with Gasteiger partial charge in [0.15, 0.2) is 5.82 Å². The van der Waals surface area contributed by atoms with Crippen molar-refractivity contribution in [3.05, 3.63) is 72.4 Å². The molecule has 3 atom stereocenters. The highest BCUT2D eigenvalue weighted by Gasteiger charge is 2.47. The van der Waals surface area contributed by atoms with Crippen LogP contribution in [0, 0.1) is 5.92 Å². The Bertz CT molecular complexity index is 1080.